The number of amides is 2. The minimum Gasteiger partial charge on any atom is -0.444 e. The van der Waals surface area contributed by atoms with Crippen LogP contribution in [0.1, 0.15) is 56.4 Å². The molecule has 2 aromatic rings. The molecule has 0 spiro atoms. The fourth-order valence-corrected chi connectivity index (χ4v) is 2.64. The summed E-state index contributed by atoms with van der Waals surface area (Å²) in [6.07, 6.45) is 0.448. The van der Waals surface area contributed by atoms with Gasteiger partial charge in [-0.3, -0.25) is 9.89 Å². The van der Waals surface area contributed by atoms with Crippen LogP contribution in [0.15, 0.2) is 30.3 Å². The number of aromatic amines is 1. The first-order valence-electron chi connectivity index (χ1n) is 9.42. The van der Waals surface area contributed by atoms with Gasteiger partial charge in [0.05, 0.1) is 0 Å². The van der Waals surface area contributed by atoms with Gasteiger partial charge in [0.1, 0.15) is 5.60 Å². The highest BCUT2D eigenvalue weighted by molar-refractivity contribution is 6.02. The summed E-state index contributed by atoms with van der Waals surface area (Å²) in [6.45, 7) is 10.1. The SMILES string of the molecule is CC(C)Cc1cc(C(=O)Nc2cccc(CN(C)C(=O)OC(C)(C)C)c2)n[nH]1. The Labute approximate surface area is 166 Å². The van der Waals surface area contributed by atoms with E-state index in [0.29, 0.717) is 23.8 Å². The first-order chi connectivity index (χ1) is 13.0. The van der Waals surface area contributed by atoms with E-state index in [0.717, 1.165) is 17.7 Å². The summed E-state index contributed by atoms with van der Waals surface area (Å²) in [5, 5.41) is 9.84. The number of carbonyl (C=O) groups is 2. The third-order valence-electron chi connectivity index (χ3n) is 3.80. The number of hydrogen-bond acceptors (Lipinski definition) is 4. The van der Waals surface area contributed by atoms with Gasteiger partial charge in [0, 0.05) is 25.0 Å². The molecule has 28 heavy (non-hydrogen) atoms. The zero-order valence-corrected chi connectivity index (χ0v) is 17.5. The van der Waals surface area contributed by atoms with Crippen molar-refractivity contribution in [3.63, 3.8) is 0 Å². The Hall–Kier alpha value is -2.83. The summed E-state index contributed by atoms with van der Waals surface area (Å²) in [4.78, 5) is 26.0. The Morgan fingerprint density at radius 3 is 2.61 bits per heavy atom. The van der Waals surface area contributed by atoms with Crippen LogP contribution in [0.5, 0.6) is 0 Å². The lowest BCUT2D eigenvalue weighted by atomic mass is 10.1. The smallest absolute Gasteiger partial charge is 0.410 e. The summed E-state index contributed by atoms with van der Waals surface area (Å²) < 4.78 is 5.36. The van der Waals surface area contributed by atoms with Crippen LogP contribution in [-0.2, 0) is 17.7 Å². The number of benzene rings is 1. The molecule has 0 aliphatic rings. The number of ether oxygens (including phenoxy) is 1. The largest absolute Gasteiger partial charge is 0.444 e. The second kappa shape index (κ2) is 8.91. The number of rotatable bonds is 6. The average Bonchev–Trinajstić information content (AvgIpc) is 3.01. The topological polar surface area (TPSA) is 87.3 Å². The maximum absolute atomic E-state index is 12.4. The Bertz CT molecular complexity index is 821. The van der Waals surface area contributed by atoms with Gasteiger partial charge in [0.25, 0.3) is 5.91 Å². The predicted molar refractivity (Wildman–Crippen MR) is 109 cm³/mol. The number of nitrogens with one attached hydrogen (secondary N) is 2. The van der Waals surface area contributed by atoms with Crippen LogP contribution in [0.2, 0.25) is 0 Å². The van der Waals surface area contributed by atoms with Gasteiger partial charge < -0.3 is 15.0 Å². The van der Waals surface area contributed by atoms with Gasteiger partial charge in [0.15, 0.2) is 5.69 Å². The van der Waals surface area contributed by atoms with Crippen molar-refractivity contribution >= 4 is 17.7 Å². The molecule has 0 saturated carbocycles. The zero-order valence-electron chi connectivity index (χ0n) is 17.5. The maximum atomic E-state index is 12.4. The van der Waals surface area contributed by atoms with Crippen LogP contribution in [0.3, 0.4) is 0 Å². The highest BCUT2D eigenvalue weighted by atomic mass is 16.6. The molecule has 7 heteroatoms. The molecule has 0 unspecified atom stereocenters. The molecule has 1 heterocycles. The highest BCUT2D eigenvalue weighted by Crippen LogP contribution is 2.16. The molecule has 152 valence electrons. The second-order valence-corrected chi connectivity index (χ2v) is 8.37. The van der Waals surface area contributed by atoms with E-state index in [9.17, 15) is 9.59 Å². The molecule has 0 aliphatic heterocycles. The normalized spacial score (nSPS) is 11.4. The van der Waals surface area contributed by atoms with E-state index >= 15 is 0 Å². The third-order valence-corrected chi connectivity index (χ3v) is 3.80. The van der Waals surface area contributed by atoms with Crippen molar-refractivity contribution in [2.45, 2.75) is 53.2 Å². The number of nitrogens with zero attached hydrogens (tertiary/aromatic N) is 2. The van der Waals surface area contributed by atoms with Crippen LogP contribution in [-0.4, -0.2) is 39.7 Å². The molecular weight excluding hydrogens is 356 g/mol. The first kappa shape index (κ1) is 21.5. The second-order valence-electron chi connectivity index (χ2n) is 8.37. The molecule has 0 atom stereocenters. The summed E-state index contributed by atoms with van der Waals surface area (Å²) >= 11 is 0. The van der Waals surface area contributed by atoms with Gasteiger partial charge in [-0.05, 0) is 56.9 Å². The summed E-state index contributed by atoms with van der Waals surface area (Å²) in [7, 11) is 1.68. The van der Waals surface area contributed by atoms with Gasteiger partial charge in [-0.2, -0.15) is 5.10 Å². The van der Waals surface area contributed by atoms with E-state index in [1.54, 1.807) is 19.2 Å². The standard InChI is InChI=1S/C21H30N4O3/c1-14(2)10-17-12-18(24-23-17)19(26)22-16-9-7-8-15(11-16)13-25(6)20(27)28-21(3,4)5/h7-9,11-12,14H,10,13H2,1-6H3,(H,22,26)(H,23,24). The fourth-order valence-electron chi connectivity index (χ4n) is 2.64. The van der Waals surface area contributed by atoms with Gasteiger partial charge in [-0.1, -0.05) is 26.0 Å². The Kier molecular flexibility index (Phi) is 6.83. The van der Waals surface area contributed by atoms with Gasteiger partial charge in [-0.25, -0.2) is 4.79 Å². The molecule has 2 amide bonds. The van der Waals surface area contributed by atoms with Crippen LogP contribution >= 0.6 is 0 Å². The molecule has 1 aromatic carbocycles. The lowest BCUT2D eigenvalue weighted by Gasteiger charge is -2.24. The molecule has 0 fully saturated rings. The Morgan fingerprint density at radius 2 is 1.96 bits per heavy atom. The first-order valence-corrected chi connectivity index (χ1v) is 9.42. The zero-order chi connectivity index (χ0) is 20.9. The average molecular weight is 386 g/mol. The van der Waals surface area contributed by atoms with Crippen molar-refractivity contribution in [2.75, 3.05) is 12.4 Å². The Balaban J connectivity index is 1.99. The predicted octanol–water partition coefficient (Wildman–Crippen LogP) is 4.23. The minimum absolute atomic E-state index is 0.274. The maximum Gasteiger partial charge on any atom is 0.410 e. The van der Waals surface area contributed by atoms with Crippen molar-refractivity contribution < 1.29 is 14.3 Å². The van der Waals surface area contributed by atoms with E-state index in [2.05, 4.69) is 29.4 Å². The fraction of sp³-hybridized carbons (Fsp3) is 0.476. The van der Waals surface area contributed by atoms with E-state index in [1.165, 1.54) is 4.90 Å². The molecule has 0 aliphatic carbocycles. The molecular formula is C21H30N4O3. The molecule has 7 nitrogen and oxygen atoms in total. The monoisotopic (exact) mass is 386 g/mol. The van der Waals surface area contributed by atoms with Crippen molar-refractivity contribution in [2.24, 2.45) is 5.92 Å². The number of carbonyl (C=O) groups excluding carboxylic acids is 2. The number of hydrogen-bond donors (Lipinski definition) is 2. The van der Waals surface area contributed by atoms with Crippen LogP contribution in [0, 0.1) is 5.92 Å². The van der Waals surface area contributed by atoms with Crippen molar-refractivity contribution in [3.05, 3.63) is 47.3 Å². The summed E-state index contributed by atoms with van der Waals surface area (Å²) in [5.74, 6) is 0.207. The molecule has 1 aromatic heterocycles. The molecule has 2 N–H and O–H groups in total. The van der Waals surface area contributed by atoms with Crippen molar-refractivity contribution in [1.29, 1.82) is 0 Å². The molecule has 0 bridgehead atoms. The third kappa shape index (κ3) is 6.72. The molecule has 0 saturated heterocycles. The van der Waals surface area contributed by atoms with E-state index in [1.807, 2.05) is 39.0 Å². The van der Waals surface area contributed by atoms with Crippen molar-refractivity contribution in [1.82, 2.24) is 15.1 Å². The lowest BCUT2D eigenvalue weighted by molar-refractivity contribution is 0.0285. The quantitative estimate of drug-likeness (QED) is 0.778. The van der Waals surface area contributed by atoms with Crippen molar-refractivity contribution in [3.8, 4) is 0 Å². The van der Waals surface area contributed by atoms with Crippen LogP contribution in [0.25, 0.3) is 0 Å². The van der Waals surface area contributed by atoms with Gasteiger partial charge in [-0.15, -0.1) is 0 Å². The van der Waals surface area contributed by atoms with E-state index in [-0.39, 0.29) is 5.91 Å². The van der Waals surface area contributed by atoms with Gasteiger partial charge in [0.2, 0.25) is 0 Å². The lowest BCUT2D eigenvalue weighted by Crippen LogP contribution is -2.33. The molecule has 2 rings (SSSR count). The number of H-pyrrole nitrogens is 1. The summed E-state index contributed by atoms with van der Waals surface area (Å²) in [5.41, 5.74) is 2.28. The summed E-state index contributed by atoms with van der Waals surface area (Å²) in [6, 6.07) is 9.14. The van der Waals surface area contributed by atoms with E-state index in [4.69, 9.17) is 4.74 Å². The Morgan fingerprint density at radius 1 is 1.25 bits per heavy atom. The highest BCUT2D eigenvalue weighted by Gasteiger charge is 2.19. The molecule has 0 radical (unpaired) electrons. The minimum atomic E-state index is -0.543. The van der Waals surface area contributed by atoms with Gasteiger partial charge >= 0.3 is 6.09 Å². The van der Waals surface area contributed by atoms with Crippen LogP contribution < -0.4 is 5.32 Å². The van der Waals surface area contributed by atoms with E-state index < -0.39 is 11.7 Å². The number of aromatic nitrogens is 2. The van der Waals surface area contributed by atoms with Crippen LogP contribution in [0.4, 0.5) is 10.5 Å². The number of anilines is 1.